The molecule has 1 aromatic heterocycles. The second kappa shape index (κ2) is 20.5. The predicted octanol–water partition coefficient (Wildman–Crippen LogP) is 1.48. The molecule has 0 aliphatic carbocycles. The van der Waals surface area contributed by atoms with Crippen LogP contribution in [0.2, 0.25) is 0 Å². The fourth-order valence-electron chi connectivity index (χ4n) is 6.57. The van der Waals surface area contributed by atoms with Crippen LogP contribution in [-0.4, -0.2) is 101 Å². The molecule has 5 rings (SSSR count). The SMILES string of the molecule is NCCC(=O)Nc1cc(C[n+]2cccc(/C=C/C(=O)NCCCCC3CCN(C(=O)c4ccccc4)CC3)c2)ccc1O[C@@H]1O[C@H](OC=O)[C@@H](O)[C@H](O)[C@H]1O. The van der Waals surface area contributed by atoms with Gasteiger partial charge in [0.25, 0.3) is 12.4 Å². The van der Waals surface area contributed by atoms with Crippen molar-refractivity contribution < 1.29 is 53.3 Å². The molecule has 2 aliphatic rings. The van der Waals surface area contributed by atoms with E-state index in [1.165, 1.54) is 6.08 Å². The predicted molar refractivity (Wildman–Crippen MR) is 200 cm³/mol. The van der Waals surface area contributed by atoms with Gasteiger partial charge in [-0.15, -0.1) is 0 Å². The first kappa shape index (κ1) is 41.0. The highest BCUT2D eigenvalue weighted by molar-refractivity contribution is 5.94. The third-order valence-electron chi connectivity index (χ3n) is 9.58. The quantitative estimate of drug-likeness (QED) is 0.0502. The molecule has 0 unspecified atom stereocenters. The topological polar surface area (TPSA) is 214 Å². The Labute approximate surface area is 319 Å². The molecule has 0 spiro atoms. The van der Waals surface area contributed by atoms with Gasteiger partial charge in [0.1, 0.15) is 24.1 Å². The number of rotatable bonds is 17. The van der Waals surface area contributed by atoms with Crippen molar-refractivity contribution in [1.82, 2.24) is 10.2 Å². The summed E-state index contributed by atoms with van der Waals surface area (Å²) >= 11 is 0. The van der Waals surface area contributed by atoms with Crippen LogP contribution in [0.25, 0.3) is 6.08 Å². The van der Waals surface area contributed by atoms with Crippen molar-refractivity contribution in [3.63, 3.8) is 0 Å². The number of nitrogens with zero attached hydrogens (tertiary/aromatic N) is 2. The molecule has 2 aromatic carbocycles. The van der Waals surface area contributed by atoms with Crippen LogP contribution in [-0.2, 0) is 30.4 Å². The molecule has 0 bridgehead atoms. The van der Waals surface area contributed by atoms with Gasteiger partial charge >= 0.3 is 0 Å². The number of amides is 3. The Morgan fingerprint density at radius 2 is 1.73 bits per heavy atom. The van der Waals surface area contributed by atoms with Crippen molar-refractivity contribution in [2.24, 2.45) is 11.7 Å². The van der Waals surface area contributed by atoms with Crippen LogP contribution in [0.3, 0.4) is 0 Å². The van der Waals surface area contributed by atoms with Gasteiger partial charge in [-0.3, -0.25) is 23.9 Å². The van der Waals surface area contributed by atoms with Gasteiger partial charge in [0, 0.05) is 61.4 Å². The first-order chi connectivity index (χ1) is 26.6. The monoisotopic (exact) mass is 760 g/mol. The van der Waals surface area contributed by atoms with Gasteiger partial charge in [0.05, 0.1) is 5.69 Å². The molecule has 15 heteroatoms. The number of aromatic nitrogens is 1. The number of anilines is 1. The van der Waals surface area contributed by atoms with Crippen LogP contribution >= 0.6 is 0 Å². The summed E-state index contributed by atoms with van der Waals surface area (Å²) in [7, 11) is 0. The van der Waals surface area contributed by atoms with Crippen molar-refractivity contribution in [2.75, 3.05) is 31.5 Å². The summed E-state index contributed by atoms with van der Waals surface area (Å²) in [6.07, 6.45) is 3.62. The Bertz CT molecular complexity index is 1770. The van der Waals surface area contributed by atoms with Crippen molar-refractivity contribution in [3.05, 3.63) is 95.8 Å². The number of hydrogen-bond acceptors (Lipinski definition) is 11. The highest BCUT2D eigenvalue weighted by atomic mass is 16.8. The minimum absolute atomic E-state index is 0.0302. The van der Waals surface area contributed by atoms with E-state index in [0.29, 0.717) is 19.0 Å². The van der Waals surface area contributed by atoms with Crippen molar-refractivity contribution in [2.45, 2.75) is 76.0 Å². The Morgan fingerprint density at radius 3 is 2.47 bits per heavy atom. The normalized spacial score (nSPS) is 21.5. The maximum absolute atomic E-state index is 12.7. The molecule has 7 N–H and O–H groups in total. The van der Waals surface area contributed by atoms with E-state index >= 15 is 0 Å². The van der Waals surface area contributed by atoms with E-state index in [1.54, 1.807) is 24.3 Å². The van der Waals surface area contributed by atoms with Gasteiger partial charge in [-0.1, -0.05) is 31.0 Å². The summed E-state index contributed by atoms with van der Waals surface area (Å²) in [5.74, 6) is 0.189. The molecule has 55 heavy (non-hydrogen) atoms. The number of piperidine rings is 1. The fourth-order valence-corrected chi connectivity index (χ4v) is 6.57. The molecule has 0 saturated carbocycles. The third-order valence-corrected chi connectivity index (χ3v) is 9.58. The van der Waals surface area contributed by atoms with Gasteiger partial charge in [0.2, 0.25) is 24.4 Å². The summed E-state index contributed by atoms with van der Waals surface area (Å²) in [5, 5.41) is 36.5. The lowest BCUT2D eigenvalue weighted by molar-refractivity contribution is -0.688. The lowest BCUT2D eigenvalue weighted by Crippen LogP contribution is -2.59. The number of nitrogens with one attached hydrogen (secondary N) is 2. The molecule has 2 aliphatic heterocycles. The minimum atomic E-state index is -1.74. The summed E-state index contributed by atoms with van der Waals surface area (Å²) in [6.45, 7) is 2.65. The lowest BCUT2D eigenvalue weighted by Gasteiger charge is -2.39. The largest absolute Gasteiger partial charge is 0.460 e. The van der Waals surface area contributed by atoms with Crippen LogP contribution in [0.4, 0.5) is 5.69 Å². The second-order valence-corrected chi connectivity index (χ2v) is 13.6. The van der Waals surface area contributed by atoms with Crippen molar-refractivity contribution in [3.8, 4) is 5.75 Å². The number of nitrogens with two attached hydrogens (primary N) is 1. The molecule has 5 atom stereocenters. The average molecular weight is 761 g/mol. The number of carbonyl (C=O) groups is 4. The number of benzene rings is 2. The third kappa shape index (κ3) is 11.9. The van der Waals surface area contributed by atoms with Gasteiger partial charge in [-0.05, 0) is 67.7 Å². The zero-order valence-corrected chi connectivity index (χ0v) is 30.6. The van der Waals surface area contributed by atoms with Crippen LogP contribution in [0.5, 0.6) is 5.75 Å². The molecule has 294 valence electrons. The molecular formula is C40H50N5O10+. The Balaban J connectivity index is 1.09. The van der Waals surface area contributed by atoms with Gasteiger partial charge in [0.15, 0.2) is 18.9 Å². The Morgan fingerprint density at radius 1 is 0.964 bits per heavy atom. The van der Waals surface area contributed by atoms with Gasteiger partial charge in [-0.2, -0.15) is 0 Å². The summed E-state index contributed by atoms with van der Waals surface area (Å²) in [4.78, 5) is 50.5. The van der Waals surface area contributed by atoms with E-state index < -0.39 is 30.9 Å². The summed E-state index contributed by atoms with van der Waals surface area (Å²) in [6, 6.07) is 18.1. The van der Waals surface area contributed by atoms with Crippen molar-refractivity contribution >= 4 is 36.0 Å². The van der Waals surface area contributed by atoms with E-state index in [1.807, 2.05) is 64.3 Å². The number of aliphatic hydroxyl groups excluding tert-OH is 3. The number of aliphatic hydroxyl groups is 3. The van der Waals surface area contributed by atoms with Crippen LogP contribution in [0.15, 0.2) is 79.1 Å². The molecular weight excluding hydrogens is 710 g/mol. The van der Waals surface area contributed by atoms with E-state index in [2.05, 4.69) is 15.4 Å². The maximum Gasteiger partial charge on any atom is 0.295 e. The highest BCUT2D eigenvalue weighted by Gasteiger charge is 2.46. The van der Waals surface area contributed by atoms with Crippen LogP contribution < -0.4 is 25.7 Å². The highest BCUT2D eigenvalue weighted by Crippen LogP contribution is 2.31. The molecule has 3 amide bonds. The number of ether oxygens (including phenoxy) is 3. The molecule has 3 heterocycles. The number of unbranched alkanes of at least 4 members (excludes halogenated alkanes) is 1. The lowest BCUT2D eigenvalue weighted by atomic mass is 9.91. The smallest absolute Gasteiger partial charge is 0.295 e. The molecule has 2 saturated heterocycles. The molecule has 3 aromatic rings. The molecule has 0 radical (unpaired) electrons. The standard InChI is InChI=1S/C40H49N5O10/c41-18-15-34(48)43-31-23-29(11-13-32(31)54-40-37(51)35(49)36(50)39(55-40)53-26-46)25-44-20-6-8-28(24-44)12-14-33(47)42-19-5-4-7-27-16-21-45(22-17-27)38(52)30-9-2-1-3-10-30/h1-3,6,8-14,20,23-24,26-27,35-37,39-40,49-51H,4-5,7,15-19,21-22,25,41H2,(H-,42,43,47,48)/p+1/b14-12+/t35-,36-,37+,39-,40+/m0/s1. The fraction of sp³-hybridized carbons (Fsp3) is 0.425. The Kier molecular flexibility index (Phi) is 15.3. The summed E-state index contributed by atoms with van der Waals surface area (Å²) < 4.78 is 17.7. The molecule has 15 nitrogen and oxygen atoms in total. The molecule has 2 fully saturated rings. The van der Waals surface area contributed by atoms with Crippen LogP contribution in [0, 0.1) is 5.92 Å². The van der Waals surface area contributed by atoms with E-state index in [-0.39, 0.29) is 48.6 Å². The first-order valence-electron chi connectivity index (χ1n) is 18.5. The number of likely N-dealkylation sites (tertiary alicyclic amines) is 1. The average Bonchev–Trinajstić information content (AvgIpc) is 3.19. The first-order valence-corrected chi connectivity index (χ1v) is 18.5. The number of pyridine rings is 1. The van der Waals surface area contributed by atoms with E-state index in [4.69, 9.17) is 15.2 Å². The number of carbonyl (C=O) groups excluding carboxylic acids is 4. The van der Waals surface area contributed by atoms with E-state index in [9.17, 15) is 34.5 Å². The zero-order chi connectivity index (χ0) is 39.2. The summed E-state index contributed by atoms with van der Waals surface area (Å²) in [5.41, 5.74) is 8.07. The Hall–Kier alpha value is -5.19. The van der Waals surface area contributed by atoms with Gasteiger partial charge < -0.3 is 46.1 Å². The maximum atomic E-state index is 12.7. The zero-order valence-electron chi connectivity index (χ0n) is 30.6. The minimum Gasteiger partial charge on any atom is -0.460 e. The number of hydrogen-bond donors (Lipinski definition) is 6. The van der Waals surface area contributed by atoms with Crippen LogP contribution in [0.1, 0.15) is 60.0 Å². The van der Waals surface area contributed by atoms with Gasteiger partial charge in [-0.25, -0.2) is 4.57 Å². The van der Waals surface area contributed by atoms with E-state index in [0.717, 1.165) is 61.9 Å². The van der Waals surface area contributed by atoms with Crippen molar-refractivity contribution in [1.29, 1.82) is 0 Å². The second-order valence-electron chi connectivity index (χ2n) is 13.6.